The van der Waals surface area contributed by atoms with Gasteiger partial charge in [-0.3, -0.25) is 4.79 Å². The number of aromatic nitrogens is 2. The van der Waals surface area contributed by atoms with E-state index in [0.717, 1.165) is 30.0 Å². The number of halogens is 4. The van der Waals surface area contributed by atoms with Crippen LogP contribution in [0.5, 0.6) is 0 Å². The summed E-state index contributed by atoms with van der Waals surface area (Å²) < 4.78 is 49.8. The number of ether oxygens (including phenoxy) is 1. The first-order valence-electron chi connectivity index (χ1n) is 7.42. The minimum atomic E-state index is -4.64. The molecular formula is C16H17F4N3O2. The Kier molecular flexibility index (Phi) is 6.27. The predicted octanol–water partition coefficient (Wildman–Crippen LogP) is 3.01. The molecule has 0 bridgehead atoms. The van der Waals surface area contributed by atoms with E-state index in [1.54, 1.807) is 19.4 Å². The van der Waals surface area contributed by atoms with E-state index in [9.17, 15) is 17.6 Å². The Morgan fingerprint density at radius 1 is 1.36 bits per heavy atom. The summed E-state index contributed by atoms with van der Waals surface area (Å²) in [5.74, 6) is 0.630. The number of hydrogen-bond donors (Lipinski definition) is 2. The third kappa shape index (κ3) is 5.64. The fourth-order valence-corrected chi connectivity index (χ4v) is 2.41. The maximum absolute atomic E-state index is 13.2. The van der Waals surface area contributed by atoms with Gasteiger partial charge in [0.15, 0.2) is 0 Å². The Morgan fingerprint density at radius 2 is 2.08 bits per heavy atom. The van der Waals surface area contributed by atoms with E-state index in [1.165, 1.54) is 12.1 Å². The van der Waals surface area contributed by atoms with Crippen LogP contribution in [-0.4, -0.2) is 42.2 Å². The maximum atomic E-state index is 13.2. The Bertz CT molecular complexity index is 703. The second kappa shape index (κ2) is 8.21. The van der Waals surface area contributed by atoms with Gasteiger partial charge in [0.25, 0.3) is 0 Å². The zero-order valence-electron chi connectivity index (χ0n) is 13.3. The maximum Gasteiger partial charge on any atom is 0.446 e. The van der Waals surface area contributed by atoms with Gasteiger partial charge in [-0.15, -0.1) is 0 Å². The summed E-state index contributed by atoms with van der Waals surface area (Å²) in [5, 5.41) is 3.36. The number of benzene rings is 1. The summed E-state index contributed by atoms with van der Waals surface area (Å²) >= 11 is 0. The van der Waals surface area contributed by atoms with Crippen molar-refractivity contribution < 1.29 is 27.1 Å². The summed E-state index contributed by atoms with van der Waals surface area (Å²) in [6.45, 7) is 0.831. The van der Waals surface area contributed by atoms with Crippen molar-refractivity contribution in [3.8, 4) is 11.3 Å². The Balaban J connectivity index is 0.000000326. The highest BCUT2D eigenvalue weighted by molar-refractivity contribution is 5.58. The van der Waals surface area contributed by atoms with Crippen molar-refractivity contribution in [3.63, 3.8) is 0 Å². The molecular weight excluding hydrogens is 342 g/mol. The fourth-order valence-electron chi connectivity index (χ4n) is 2.41. The van der Waals surface area contributed by atoms with Crippen LogP contribution in [0.1, 0.15) is 18.3 Å². The molecule has 1 aliphatic rings. The minimum absolute atomic E-state index is 0.173. The van der Waals surface area contributed by atoms with E-state index in [1.807, 2.05) is 6.07 Å². The van der Waals surface area contributed by atoms with Crippen LogP contribution in [0.3, 0.4) is 0 Å². The first-order valence-corrected chi connectivity index (χ1v) is 7.42. The van der Waals surface area contributed by atoms with E-state index in [2.05, 4.69) is 15.3 Å². The number of imidazole rings is 1. The smallest absolute Gasteiger partial charge is 0.380 e. The zero-order valence-corrected chi connectivity index (χ0v) is 13.3. The van der Waals surface area contributed by atoms with Gasteiger partial charge in [-0.2, -0.15) is 13.2 Å². The molecule has 0 spiro atoms. The highest BCUT2D eigenvalue weighted by Crippen LogP contribution is 2.25. The largest absolute Gasteiger partial charge is 0.446 e. The van der Waals surface area contributed by atoms with E-state index >= 15 is 0 Å². The average Bonchev–Trinajstić information content (AvgIpc) is 3.24. The van der Waals surface area contributed by atoms with Gasteiger partial charge < -0.3 is 15.0 Å². The summed E-state index contributed by atoms with van der Waals surface area (Å²) in [5.41, 5.74) is 1.64. The average molecular weight is 359 g/mol. The number of H-pyrrole nitrogens is 1. The van der Waals surface area contributed by atoms with Crippen LogP contribution in [0.2, 0.25) is 0 Å². The minimum Gasteiger partial charge on any atom is -0.380 e. The van der Waals surface area contributed by atoms with Crippen LogP contribution in [0, 0.1) is 5.82 Å². The normalized spacial score (nSPS) is 20.0. The summed E-state index contributed by atoms with van der Waals surface area (Å²) in [4.78, 5) is 16.3. The molecule has 2 aromatic rings. The molecule has 3 rings (SSSR count). The highest BCUT2D eigenvalue weighted by Gasteiger charge is 2.27. The molecule has 136 valence electrons. The molecule has 1 aromatic heterocycles. The molecule has 2 heterocycles. The number of carbonyl (C=O) groups is 1. The third-order valence-corrected chi connectivity index (χ3v) is 3.62. The first-order chi connectivity index (χ1) is 11.8. The molecule has 1 aromatic carbocycles. The molecule has 0 amide bonds. The van der Waals surface area contributed by atoms with Gasteiger partial charge in [0, 0.05) is 19.2 Å². The molecule has 9 heteroatoms. The van der Waals surface area contributed by atoms with Gasteiger partial charge in [-0.1, -0.05) is 12.1 Å². The molecule has 0 radical (unpaired) electrons. The van der Waals surface area contributed by atoms with Crippen LogP contribution in [0.4, 0.5) is 17.6 Å². The Hall–Kier alpha value is -2.26. The van der Waals surface area contributed by atoms with Crippen molar-refractivity contribution in [1.82, 2.24) is 15.3 Å². The second-order valence-electron chi connectivity index (χ2n) is 5.41. The molecule has 25 heavy (non-hydrogen) atoms. The molecule has 2 atom stereocenters. The van der Waals surface area contributed by atoms with Gasteiger partial charge >= 0.3 is 6.18 Å². The molecule has 0 unspecified atom stereocenters. The molecule has 0 saturated carbocycles. The Morgan fingerprint density at radius 3 is 2.64 bits per heavy atom. The summed E-state index contributed by atoms with van der Waals surface area (Å²) in [6, 6.07) is 6.66. The van der Waals surface area contributed by atoms with E-state index < -0.39 is 12.5 Å². The lowest BCUT2D eigenvalue weighted by Gasteiger charge is -2.06. The number of aromatic amines is 1. The number of aldehydes is 1. The molecule has 1 saturated heterocycles. The van der Waals surface area contributed by atoms with Gasteiger partial charge in [-0.05, 0) is 18.6 Å². The van der Waals surface area contributed by atoms with Crippen molar-refractivity contribution >= 4 is 6.29 Å². The third-order valence-electron chi connectivity index (χ3n) is 3.62. The van der Waals surface area contributed by atoms with Gasteiger partial charge in [-0.25, -0.2) is 9.37 Å². The van der Waals surface area contributed by atoms with Gasteiger partial charge in [0.05, 0.1) is 24.0 Å². The predicted molar refractivity (Wildman–Crippen MR) is 82.3 cm³/mol. The lowest BCUT2D eigenvalue weighted by atomic mass is 10.1. The number of carbonyl (C=O) groups excluding carboxylic acids is 1. The molecule has 1 aliphatic heterocycles. The summed E-state index contributed by atoms with van der Waals surface area (Å²) in [6.07, 6.45) is -2.83. The van der Waals surface area contributed by atoms with E-state index in [4.69, 9.17) is 9.53 Å². The lowest BCUT2D eigenvalue weighted by molar-refractivity contribution is -0.156. The molecule has 2 N–H and O–H groups in total. The van der Waals surface area contributed by atoms with Crippen LogP contribution in [0.25, 0.3) is 11.3 Å². The standard InChI is InChI=1S/C14H16FN3O.C2HF3O/c1-19-11-6-12(16-7-11)14-17-8-13(18-14)9-3-2-4-10(15)5-9;3-2(4,5)1-6/h2-5,8,11-12,16H,6-7H2,1H3,(H,17,18);1H/t11-,12+;/m1./s1. The molecule has 1 fully saturated rings. The van der Waals surface area contributed by atoms with Crippen LogP contribution in [-0.2, 0) is 9.53 Å². The highest BCUT2D eigenvalue weighted by atomic mass is 19.4. The second-order valence-corrected chi connectivity index (χ2v) is 5.41. The van der Waals surface area contributed by atoms with E-state index in [-0.39, 0.29) is 18.0 Å². The summed E-state index contributed by atoms with van der Waals surface area (Å²) in [7, 11) is 1.72. The van der Waals surface area contributed by atoms with Crippen LogP contribution >= 0.6 is 0 Å². The number of nitrogens with one attached hydrogen (secondary N) is 2. The monoisotopic (exact) mass is 359 g/mol. The van der Waals surface area contributed by atoms with Gasteiger partial charge in [0.2, 0.25) is 6.29 Å². The zero-order chi connectivity index (χ0) is 18.4. The van der Waals surface area contributed by atoms with Crippen molar-refractivity contribution in [2.75, 3.05) is 13.7 Å². The number of nitrogens with zero attached hydrogens (tertiary/aromatic N) is 1. The van der Waals surface area contributed by atoms with Crippen molar-refractivity contribution in [3.05, 3.63) is 42.1 Å². The quantitative estimate of drug-likeness (QED) is 0.653. The number of rotatable bonds is 3. The molecule has 0 aliphatic carbocycles. The van der Waals surface area contributed by atoms with Crippen molar-refractivity contribution in [1.29, 1.82) is 0 Å². The Labute approximate surface area is 141 Å². The van der Waals surface area contributed by atoms with E-state index in [0.29, 0.717) is 0 Å². The van der Waals surface area contributed by atoms with Crippen LogP contribution < -0.4 is 5.32 Å². The first kappa shape index (κ1) is 19.1. The topological polar surface area (TPSA) is 67.0 Å². The van der Waals surface area contributed by atoms with Crippen LogP contribution in [0.15, 0.2) is 30.5 Å². The molecule has 5 nitrogen and oxygen atoms in total. The lowest BCUT2D eigenvalue weighted by Crippen LogP contribution is -2.16. The number of hydrogen-bond acceptors (Lipinski definition) is 4. The fraction of sp³-hybridized carbons (Fsp3) is 0.375. The van der Waals surface area contributed by atoms with Gasteiger partial charge in [0.1, 0.15) is 11.6 Å². The number of methoxy groups -OCH3 is 1. The number of alkyl halides is 3. The van der Waals surface area contributed by atoms with Crippen molar-refractivity contribution in [2.45, 2.75) is 24.7 Å². The SMILES string of the molecule is CO[C@H]1CN[C@H](c2ncc(-c3cccc(F)c3)[nH]2)C1.O=CC(F)(F)F. The van der Waals surface area contributed by atoms with Crippen molar-refractivity contribution in [2.24, 2.45) is 0 Å².